The van der Waals surface area contributed by atoms with Crippen LogP contribution >= 0.6 is 23.6 Å². The predicted molar refractivity (Wildman–Crippen MR) is 112 cm³/mol. The van der Waals surface area contributed by atoms with Crippen molar-refractivity contribution in [2.75, 3.05) is 19.5 Å². The number of para-hydroxylation sites is 1. The van der Waals surface area contributed by atoms with Crippen molar-refractivity contribution >= 4 is 51.7 Å². The van der Waals surface area contributed by atoms with Crippen LogP contribution in [0.5, 0.6) is 11.5 Å². The molecule has 7 nitrogen and oxygen atoms in total. The van der Waals surface area contributed by atoms with E-state index in [-0.39, 0.29) is 11.5 Å². The molecule has 0 fully saturated rings. The molecule has 0 bridgehead atoms. The Bertz CT molecular complexity index is 1320. The van der Waals surface area contributed by atoms with Crippen LogP contribution < -0.4 is 20.3 Å². The number of nitrogens with zero attached hydrogens (tertiary/aromatic N) is 1. The SMILES string of the molecule is COc1cc2c(=O)[nH]c3c(C(=O)Nc4ccccc4)sc(=S)n3c2cc1OC. The van der Waals surface area contributed by atoms with Crippen LogP contribution in [-0.4, -0.2) is 29.5 Å². The zero-order valence-electron chi connectivity index (χ0n) is 14.9. The van der Waals surface area contributed by atoms with Crippen LogP contribution in [0.4, 0.5) is 5.69 Å². The molecule has 142 valence electrons. The fourth-order valence-electron chi connectivity index (χ4n) is 2.98. The number of carbonyl (C=O) groups is 1. The molecule has 1 amide bonds. The standard InChI is InChI=1S/C19H15N3O4S2/c1-25-13-8-11-12(9-14(13)26-2)22-16(21-17(11)23)15(28-19(22)27)18(24)20-10-6-4-3-5-7-10/h3-9H,1-2H3,(H,20,24)(H,21,23). The number of hydrogen-bond acceptors (Lipinski definition) is 6. The highest BCUT2D eigenvalue weighted by Crippen LogP contribution is 2.32. The molecular weight excluding hydrogens is 398 g/mol. The third-order valence-corrected chi connectivity index (χ3v) is 5.64. The smallest absolute Gasteiger partial charge is 0.269 e. The number of hydrogen-bond donors (Lipinski definition) is 2. The first-order valence-corrected chi connectivity index (χ1v) is 9.46. The van der Waals surface area contributed by atoms with E-state index in [4.69, 9.17) is 21.7 Å². The zero-order valence-corrected chi connectivity index (χ0v) is 16.6. The normalized spacial score (nSPS) is 10.9. The van der Waals surface area contributed by atoms with Crippen LogP contribution in [0.3, 0.4) is 0 Å². The number of ether oxygens (including phenoxy) is 2. The number of methoxy groups -OCH3 is 2. The lowest BCUT2D eigenvalue weighted by molar-refractivity contribution is 0.103. The topological polar surface area (TPSA) is 84.8 Å². The van der Waals surface area contributed by atoms with E-state index < -0.39 is 0 Å². The summed E-state index contributed by atoms with van der Waals surface area (Å²) in [7, 11) is 3.01. The maximum absolute atomic E-state index is 12.8. The summed E-state index contributed by atoms with van der Waals surface area (Å²) in [5, 5.41) is 3.20. The lowest BCUT2D eigenvalue weighted by atomic mass is 10.2. The minimum Gasteiger partial charge on any atom is -0.493 e. The molecule has 0 aliphatic rings. The third-order valence-electron chi connectivity index (χ3n) is 4.27. The van der Waals surface area contributed by atoms with E-state index in [9.17, 15) is 9.59 Å². The van der Waals surface area contributed by atoms with Crippen LogP contribution in [-0.2, 0) is 0 Å². The highest BCUT2D eigenvalue weighted by atomic mass is 32.1. The molecule has 4 rings (SSSR count). The Morgan fingerprint density at radius 2 is 1.82 bits per heavy atom. The van der Waals surface area contributed by atoms with Crippen molar-refractivity contribution in [2.45, 2.75) is 0 Å². The summed E-state index contributed by atoms with van der Waals surface area (Å²) in [5.41, 5.74) is 1.18. The minimum absolute atomic E-state index is 0.322. The second-order valence-electron chi connectivity index (χ2n) is 5.88. The molecule has 2 N–H and O–H groups in total. The predicted octanol–water partition coefficient (Wildman–Crippen LogP) is 3.84. The fourth-order valence-corrected chi connectivity index (χ4v) is 4.26. The second-order valence-corrected chi connectivity index (χ2v) is 7.52. The Kier molecular flexibility index (Phi) is 4.62. The van der Waals surface area contributed by atoms with Gasteiger partial charge in [0.2, 0.25) is 0 Å². The average Bonchev–Trinajstić information content (AvgIpc) is 3.04. The Morgan fingerprint density at radius 3 is 2.50 bits per heavy atom. The van der Waals surface area contributed by atoms with E-state index in [2.05, 4.69) is 10.3 Å². The van der Waals surface area contributed by atoms with E-state index in [1.54, 1.807) is 28.7 Å². The Hall–Kier alpha value is -3.17. The van der Waals surface area contributed by atoms with E-state index in [0.717, 1.165) is 11.3 Å². The number of amides is 1. The number of carbonyl (C=O) groups excluding carboxylic acids is 1. The van der Waals surface area contributed by atoms with Gasteiger partial charge in [-0.05, 0) is 30.4 Å². The Morgan fingerprint density at radius 1 is 1.14 bits per heavy atom. The number of anilines is 1. The van der Waals surface area contributed by atoms with Crippen molar-refractivity contribution in [3.05, 3.63) is 61.6 Å². The number of fused-ring (bicyclic) bond motifs is 3. The molecule has 0 aliphatic heterocycles. The van der Waals surface area contributed by atoms with Gasteiger partial charge in [0.05, 0.1) is 25.1 Å². The van der Waals surface area contributed by atoms with Crippen molar-refractivity contribution in [2.24, 2.45) is 0 Å². The molecule has 0 aliphatic carbocycles. The van der Waals surface area contributed by atoms with Crippen LogP contribution in [0.15, 0.2) is 47.3 Å². The lowest BCUT2D eigenvalue weighted by Gasteiger charge is -2.10. The average molecular weight is 413 g/mol. The molecule has 0 radical (unpaired) electrons. The summed E-state index contributed by atoms with van der Waals surface area (Å²) in [4.78, 5) is 28.6. The first-order valence-electron chi connectivity index (χ1n) is 8.23. The van der Waals surface area contributed by atoms with Gasteiger partial charge in [-0.15, -0.1) is 0 Å². The number of nitrogens with one attached hydrogen (secondary N) is 2. The number of thiazole rings is 1. The maximum atomic E-state index is 12.8. The van der Waals surface area contributed by atoms with Gasteiger partial charge in [0.1, 0.15) is 10.5 Å². The minimum atomic E-state index is -0.350. The van der Waals surface area contributed by atoms with Crippen molar-refractivity contribution in [3.63, 3.8) is 0 Å². The van der Waals surface area contributed by atoms with Crippen LogP contribution in [0, 0.1) is 3.95 Å². The van der Waals surface area contributed by atoms with Gasteiger partial charge in [0, 0.05) is 11.8 Å². The second kappa shape index (κ2) is 7.10. The summed E-state index contributed by atoms with van der Waals surface area (Å²) in [6.45, 7) is 0. The van der Waals surface area contributed by atoms with Gasteiger partial charge in [-0.1, -0.05) is 29.5 Å². The molecule has 0 unspecified atom stereocenters. The van der Waals surface area contributed by atoms with Gasteiger partial charge < -0.3 is 19.8 Å². The molecule has 0 spiro atoms. The highest BCUT2D eigenvalue weighted by Gasteiger charge is 2.19. The van der Waals surface area contributed by atoms with Gasteiger partial charge in [0.15, 0.2) is 15.5 Å². The van der Waals surface area contributed by atoms with Gasteiger partial charge in [-0.3, -0.25) is 14.0 Å². The third kappa shape index (κ3) is 2.94. The first kappa shape index (κ1) is 18.2. The number of rotatable bonds is 4. The van der Waals surface area contributed by atoms with E-state index in [1.165, 1.54) is 14.2 Å². The molecule has 0 saturated heterocycles. The monoisotopic (exact) mass is 413 g/mol. The summed E-state index contributed by atoms with van der Waals surface area (Å²) < 4.78 is 12.7. The highest BCUT2D eigenvalue weighted by molar-refractivity contribution is 7.73. The van der Waals surface area contributed by atoms with Crippen LogP contribution in [0.1, 0.15) is 9.67 Å². The summed E-state index contributed by atoms with van der Waals surface area (Å²) in [6.07, 6.45) is 0. The molecule has 4 aromatic rings. The first-order chi connectivity index (χ1) is 13.5. The molecular formula is C19H15N3O4S2. The van der Waals surface area contributed by atoms with Gasteiger partial charge in [-0.25, -0.2) is 0 Å². The fraction of sp³-hybridized carbons (Fsp3) is 0.105. The molecule has 9 heteroatoms. The number of aromatic nitrogens is 2. The Labute approximate surface area is 168 Å². The zero-order chi connectivity index (χ0) is 19.8. The molecule has 2 aromatic heterocycles. The van der Waals surface area contributed by atoms with Crippen molar-refractivity contribution in [3.8, 4) is 11.5 Å². The molecule has 0 atom stereocenters. The largest absolute Gasteiger partial charge is 0.493 e. The molecule has 2 heterocycles. The van der Waals surface area contributed by atoms with Crippen molar-refractivity contribution < 1.29 is 14.3 Å². The van der Waals surface area contributed by atoms with Gasteiger partial charge in [0.25, 0.3) is 11.5 Å². The van der Waals surface area contributed by atoms with Gasteiger partial charge >= 0.3 is 0 Å². The number of benzene rings is 2. The quantitative estimate of drug-likeness (QED) is 0.497. The number of aromatic amines is 1. The van der Waals surface area contributed by atoms with Crippen LogP contribution in [0.2, 0.25) is 0 Å². The van der Waals surface area contributed by atoms with E-state index >= 15 is 0 Å². The summed E-state index contributed by atoms with van der Waals surface area (Å²) in [5.74, 6) is 0.550. The summed E-state index contributed by atoms with van der Waals surface area (Å²) in [6, 6.07) is 12.3. The maximum Gasteiger partial charge on any atom is 0.269 e. The molecule has 28 heavy (non-hydrogen) atoms. The lowest BCUT2D eigenvalue weighted by Crippen LogP contribution is -2.15. The Balaban J connectivity index is 1.95. The van der Waals surface area contributed by atoms with Crippen molar-refractivity contribution in [1.29, 1.82) is 0 Å². The number of H-pyrrole nitrogens is 1. The van der Waals surface area contributed by atoms with E-state index in [1.807, 2.05) is 18.2 Å². The van der Waals surface area contributed by atoms with Crippen LogP contribution in [0.25, 0.3) is 16.6 Å². The van der Waals surface area contributed by atoms with Gasteiger partial charge in [-0.2, -0.15) is 0 Å². The molecule has 0 saturated carbocycles. The summed E-state index contributed by atoms with van der Waals surface area (Å²) >= 11 is 6.60. The van der Waals surface area contributed by atoms with Crippen molar-refractivity contribution in [1.82, 2.24) is 9.38 Å². The van der Waals surface area contributed by atoms with E-state index in [0.29, 0.717) is 42.6 Å². The molecule has 2 aromatic carbocycles.